The second-order valence-electron chi connectivity index (χ2n) is 2.96. The van der Waals surface area contributed by atoms with Crippen molar-refractivity contribution < 1.29 is 9.53 Å². The van der Waals surface area contributed by atoms with E-state index in [4.69, 9.17) is 4.74 Å². The zero-order chi connectivity index (χ0) is 8.81. The average molecular weight is 169 g/mol. The van der Waals surface area contributed by atoms with Gasteiger partial charge in [0.25, 0.3) is 0 Å². The Balaban J connectivity index is 2.31. The van der Waals surface area contributed by atoms with Crippen LogP contribution in [0.2, 0.25) is 0 Å². The SMILES string of the molecule is CCOC(=C=O)CC1CCCN1. The van der Waals surface area contributed by atoms with Gasteiger partial charge >= 0.3 is 0 Å². The fourth-order valence-electron chi connectivity index (χ4n) is 1.46. The summed E-state index contributed by atoms with van der Waals surface area (Å²) in [7, 11) is 0. The van der Waals surface area contributed by atoms with E-state index in [9.17, 15) is 4.79 Å². The minimum atomic E-state index is 0.424. The van der Waals surface area contributed by atoms with Gasteiger partial charge in [0.2, 0.25) is 0 Å². The number of rotatable bonds is 4. The molecule has 1 heterocycles. The first-order valence-electron chi connectivity index (χ1n) is 4.47. The highest BCUT2D eigenvalue weighted by molar-refractivity contribution is 5.49. The Morgan fingerprint density at radius 2 is 2.58 bits per heavy atom. The highest BCUT2D eigenvalue weighted by Gasteiger charge is 2.16. The Bertz CT molecular complexity index is 179. The van der Waals surface area contributed by atoms with E-state index >= 15 is 0 Å². The highest BCUT2D eigenvalue weighted by Crippen LogP contribution is 2.13. The maximum absolute atomic E-state index is 10.4. The minimum absolute atomic E-state index is 0.424. The van der Waals surface area contributed by atoms with Gasteiger partial charge in [-0.15, -0.1) is 0 Å². The van der Waals surface area contributed by atoms with Gasteiger partial charge in [-0.1, -0.05) is 0 Å². The molecule has 1 aliphatic rings. The summed E-state index contributed by atoms with van der Waals surface area (Å²) in [5.74, 6) is 2.29. The monoisotopic (exact) mass is 169 g/mol. The smallest absolute Gasteiger partial charge is 0.181 e. The lowest BCUT2D eigenvalue weighted by Crippen LogP contribution is -2.22. The van der Waals surface area contributed by atoms with E-state index in [2.05, 4.69) is 5.32 Å². The van der Waals surface area contributed by atoms with Crippen LogP contribution in [0, 0.1) is 0 Å². The van der Waals surface area contributed by atoms with Gasteiger partial charge in [-0.05, 0) is 26.3 Å². The number of nitrogens with one attached hydrogen (secondary N) is 1. The summed E-state index contributed by atoms with van der Waals surface area (Å²) in [6.07, 6.45) is 3.03. The molecule has 0 saturated carbocycles. The number of ether oxygens (including phenoxy) is 1. The predicted molar refractivity (Wildman–Crippen MR) is 46.5 cm³/mol. The third-order valence-corrected chi connectivity index (χ3v) is 2.03. The van der Waals surface area contributed by atoms with Crippen molar-refractivity contribution in [2.24, 2.45) is 0 Å². The van der Waals surface area contributed by atoms with Crippen LogP contribution < -0.4 is 5.32 Å². The molecule has 68 valence electrons. The summed E-state index contributed by atoms with van der Waals surface area (Å²) in [5.41, 5.74) is 0. The molecule has 1 fully saturated rings. The zero-order valence-electron chi connectivity index (χ0n) is 7.43. The summed E-state index contributed by atoms with van der Waals surface area (Å²) in [6.45, 7) is 3.49. The maximum Gasteiger partial charge on any atom is 0.181 e. The fraction of sp³-hybridized carbons (Fsp3) is 0.778. The van der Waals surface area contributed by atoms with Crippen LogP contribution in [-0.2, 0) is 9.53 Å². The molecule has 0 aromatic carbocycles. The molecule has 1 atom stereocenters. The van der Waals surface area contributed by atoms with Crippen molar-refractivity contribution in [2.75, 3.05) is 13.2 Å². The molecule has 0 bridgehead atoms. The molecule has 0 aliphatic carbocycles. The number of hydrogen-bond donors (Lipinski definition) is 1. The van der Waals surface area contributed by atoms with Gasteiger partial charge in [-0.3, -0.25) is 0 Å². The van der Waals surface area contributed by atoms with E-state index < -0.39 is 0 Å². The molecular formula is C9H15NO2. The second kappa shape index (κ2) is 4.96. The molecule has 0 aromatic heterocycles. The second-order valence-corrected chi connectivity index (χ2v) is 2.96. The third-order valence-electron chi connectivity index (χ3n) is 2.03. The Morgan fingerprint density at radius 1 is 1.75 bits per heavy atom. The van der Waals surface area contributed by atoms with E-state index in [-0.39, 0.29) is 0 Å². The van der Waals surface area contributed by atoms with Crippen molar-refractivity contribution in [1.29, 1.82) is 0 Å². The standard InChI is InChI=1S/C9H15NO2/c1-2-12-9(7-11)6-8-4-3-5-10-8/h8,10H,2-6H2,1H3. The van der Waals surface area contributed by atoms with Gasteiger partial charge in [0.1, 0.15) is 0 Å². The molecule has 1 aliphatic heterocycles. The van der Waals surface area contributed by atoms with Crippen LogP contribution in [0.25, 0.3) is 0 Å². The Hall–Kier alpha value is -0.790. The Labute approximate surface area is 72.8 Å². The van der Waals surface area contributed by atoms with Gasteiger partial charge in [0, 0.05) is 12.5 Å². The summed E-state index contributed by atoms with van der Waals surface area (Å²) in [6, 6.07) is 0.424. The van der Waals surface area contributed by atoms with Gasteiger partial charge in [0.05, 0.1) is 6.61 Å². The summed E-state index contributed by atoms with van der Waals surface area (Å²) in [5, 5.41) is 3.30. The van der Waals surface area contributed by atoms with Crippen LogP contribution in [0.5, 0.6) is 0 Å². The van der Waals surface area contributed by atoms with Crippen molar-refractivity contribution in [1.82, 2.24) is 5.32 Å². The summed E-state index contributed by atoms with van der Waals surface area (Å²) in [4.78, 5) is 10.4. The van der Waals surface area contributed by atoms with Gasteiger partial charge < -0.3 is 10.1 Å². The topological polar surface area (TPSA) is 38.3 Å². The average Bonchev–Trinajstić information content (AvgIpc) is 2.56. The van der Waals surface area contributed by atoms with Gasteiger partial charge in [-0.25, -0.2) is 4.79 Å². The van der Waals surface area contributed by atoms with E-state index in [1.807, 2.05) is 12.9 Å². The predicted octanol–water partition coefficient (Wildman–Crippen LogP) is 0.881. The zero-order valence-corrected chi connectivity index (χ0v) is 7.43. The first-order chi connectivity index (χ1) is 5.86. The lowest BCUT2D eigenvalue weighted by Gasteiger charge is -2.10. The molecule has 12 heavy (non-hydrogen) atoms. The fourth-order valence-corrected chi connectivity index (χ4v) is 1.46. The van der Waals surface area contributed by atoms with Crippen LogP contribution in [0.1, 0.15) is 26.2 Å². The van der Waals surface area contributed by atoms with Crippen molar-refractivity contribution >= 4 is 5.94 Å². The summed E-state index contributed by atoms with van der Waals surface area (Å²) < 4.78 is 5.11. The van der Waals surface area contributed by atoms with E-state index in [1.54, 1.807) is 0 Å². The molecule has 3 nitrogen and oxygen atoms in total. The van der Waals surface area contributed by atoms with E-state index in [0.29, 0.717) is 24.8 Å². The molecule has 1 unspecified atom stereocenters. The quantitative estimate of drug-likeness (QED) is 0.501. The van der Waals surface area contributed by atoms with Crippen LogP contribution >= 0.6 is 0 Å². The van der Waals surface area contributed by atoms with E-state index in [0.717, 1.165) is 13.0 Å². The van der Waals surface area contributed by atoms with Crippen LogP contribution in [0.4, 0.5) is 0 Å². The number of hydrogen-bond acceptors (Lipinski definition) is 3. The van der Waals surface area contributed by atoms with Crippen LogP contribution in [-0.4, -0.2) is 25.1 Å². The molecule has 0 radical (unpaired) electrons. The molecule has 1 saturated heterocycles. The molecule has 0 aromatic rings. The van der Waals surface area contributed by atoms with Crippen molar-refractivity contribution in [3.05, 3.63) is 5.76 Å². The van der Waals surface area contributed by atoms with Crippen LogP contribution in [0.15, 0.2) is 5.76 Å². The van der Waals surface area contributed by atoms with Gasteiger partial charge in [0.15, 0.2) is 11.7 Å². The maximum atomic E-state index is 10.4. The molecule has 0 spiro atoms. The van der Waals surface area contributed by atoms with Crippen LogP contribution in [0.3, 0.4) is 0 Å². The number of carbonyl (C=O) groups excluding carboxylic acids is 1. The lowest BCUT2D eigenvalue weighted by atomic mass is 10.1. The molecular weight excluding hydrogens is 154 g/mol. The minimum Gasteiger partial charge on any atom is -0.487 e. The summed E-state index contributed by atoms with van der Waals surface area (Å²) >= 11 is 0. The highest BCUT2D eigenvalue weighted by atomic mass is 16.5. The third kappa shape index (κ3) is 2.68. The molecule has 3 heteroatoms. The van der Waals surface area contributed by atoms with Crippen molar-refractivity contribution in [3.8, 4) is 0 Å². The van der Waals surface area contributed by atoms with Gasteiger partial charge in [-0.2, -0.15) is 0 Å². The normalized spacial score (nSPS) is 21.9. The lowest BCUT2D eigenvalue weighted by molar-refractivity contribution is 0.215. The Morgan fingerprint density at radius 3 is 3.08 bits per heavy atom. The van der Waals surface area contributed by atoms with Crippen molar-refractivity contribution in [2.45, 2.75) is 32.2 Å². The van der Waals surface area contributed by atoms with E-state index in [1.165, 1.54) is 6.42 Å². The molecule has 0 amide bonds. The first kappa shape index (κ1) is 9.30. The largest absolute Gasteiger partial charge is 0.487 e. The van der Waals surface area contributed by atoms with Crippen molar-refractivity contribution in [3.63, 3.8) is 0 Å². The Kier molecular flexibility index (Phi) is 3.85. The molecule has 1 rings (SSSR count). The molecule has 1 N–H and O–H groups in total. The first-order valence-corrected chi connectivity index (χ1v) is 4.47.